The molecule has 4 nitrogen and oxygen atoms in total. The van der Waals surface area contributed by atoms with Gasteiger partial charge in [-0.15, -0.1) is 11.7 Å². The Kier molecular flexibility index (Phi) is 4.65. The predicted octanol–water partition coefficient (Wildman–Crippen LogP) is 3.47. The highest BCUT2D eigenvalue weighted by atomic mass is 19.1. The first kappa shape index (κ1) is 15.9. The monoisotopic (exact) mass is 326 g/mol. The lowest BCUT2D eigenvalue weighted by Gasteiger charge is -2.32. The smallest absolute Gasteiger partial charge is 0.139 e. The summed E-state index contributed by atoms with van der Waals surface area (Å²) in [6, 6.07) is 12.1. The summed E-state index contributed by atoms with van der Waals surface area (Å²) in [6.45, 7) is 4.26. The Morgan fingerprint density at radius 3 is 1.96 bits per heavy atom. The molecule has 0 amide bonds. The van der Waals surface area contributed by atoms with Crippen LogP contribution >= 0.6 is 0 Å². The average Bonchev–Trinajstić information content (AvgIpc) is 3.12. The van der Waals surface area contributed by atoms with E-state index in [9.17, 15) is 8.78 Å². The quantitative estimate of drug-likeness (QED) is 0.651. The molecule has 0 aliphatic rings. The fraction of sp³-hybridized carbons (Fsp3) is 0.111. The van der Waals surface area contributed by atoms with E-state index in [2.05, 4.69) is 16.7 Å². The first-order chi connectivity index (χ1) is 11.7. The fourth-order valence-electron chi connectivity index (χ4n) is 2.60. The van der Waals surface area contributed by atoms with Gasteiger partial charge in [0, 0.05) is 0 Å². The van der Waals surface area contributed by atoms with Crippen LogP contribution in [0.1, 0.15) is 17.2 Å². The first-order valence-electron chi connectivity index (χ1n) is 7.42. The van der Waals surface area contributed by atoms with Gasteiger partial charge in [-0.25, -0.2) is 13.8 Å². The van der Waals surface area contributed by atoms with Gasteiger partial charge in [0.05, 0.1) is 12.6 Å². The van der Waals surface area contributed by atoms with Gasteiger partial charge < -0.3 is 0 Å². The number of aromatic nitrogens is 3. The van der Waals surface area contributed by atoms with E-state index < -0.39 is 0 Å². The number of hydrogen-bond acceptors (Lipinski definition) is 3. The summed E-state index contributed by atoms with van der Waals surface area (Å²) in [5.41, 5.74) is 1.70. The molecular formula is C18H16F2N4. The van der Waals surface area contributed by atoms with Crippen LogP contribution in [-0.2, 0) is 0 Å². The Morgan fingerprint density at radius 1 is 1.00 bits per heavy atom. The van der Waals surface area contributed by atoms with Crippen molar-refractivity contribution in [2.24, 2.45) is 0 Å². The van der Waals surface area contributed by atoms with Crippen LogP contribution in [0, 0.1) is 11.6 Å². The van der Waals surface area contributed by atoms with E-state index in [0.29, 0.717) is 6.54 Å². The van der Waals surface area contributed by atoms with Gasteiger partial charge in [0.2, 0.25) is 0 Å². The summed E-state index contributed by atoms with van der Waals surface area (Å²) >= 11 is 0. The Morgan fingerprint density at radius 2 is 1.54 bits per heavy atom. The third kappa shape index (κ3) is 3.32. The molecule has 1 heterocycles. The van der Waals surface area contributed by atoms with E-state index >= 15 is 0 Å². The molecule has 0 spiro atoms. The topological polar surface area (TPSA) is 34.0 Å². The normalized spacial score (nSPS) is 10.8. The number of benzene rings is 2. The van der Waals surface area contributed by atoms with E-state index in [-0.39, 0.29) is 17.7 Å². The lowest BCUT2D eigenvalue weighted by molar-refractivity contribution is 0.504. The molecule has 0 bridgehead atoms. The Balaban J connectivity index is 2.10. The fourth-order valence-corrected chi connectivity index (χ4v) is 2.60. The van der Waals surface area contributed by atoms with E-state index in [1.54, 1.807) is 41.5 Å². The largest absolute Gasteiger partial charge is 0.280 e. The molecule has 0 saturated heterocycles. The van der Waals surface area contributed by atoms with Crippen molar-refractivity contribution in [1.29, 1.82) is 0 Å². The Hall–Kier alpha value is -3.02. The minimum absolute atomic E-state index is 0.300. The molecule has 0 aliphatic carbocycles. The molecule has 3 rings (SSSR count). The molecule has 0 aliphatic heterocycles. The highest BCUT2D eigenvalue weighted by Crippen LogP contribution is 2.28. The molecule has 0 atom stereocenters. The number of hydrogen-bond donors (Lipinski definition) is 0. The van der Waals surface area contributed by atoms with Crippen molar-refractivity contribution >= 4 is 0 Å². The van der Waals surface area contributed by atoms with Crippen LogP contribution in [0.15, 0.2) is 73.8 Å². The zero-order valence-corrected chi connectivity index (χ0v) is 12.9. The average molecular weight is 326 g/mol. The van der Waals surface area contributed by atoms with Crippen molar-refractivity contribution in [1.82, 2.24) is 14.9 Å². The molecule has 24 heavy (non-hydrogen) atoms. The summed E-state index contributed by atoms with van der Waals surface area (Å²) in [6.07, 6.45) is 4.74. The lowest BCUT2D eigenvalue weighted by Crippen LogP contribution is -2.39. The molecule has 0 radical (unpaired) electrons. The highest BCUT2D eigenvalue weighted by Gasteiger charge is 2.23. The molecule has 1 aromatic heterocycles. The minimum atomic E-state index is -0.312. The van der Waals surface area contributed by atoms with Crippen molar-refractivity contribution in [3.8, 4) is 0 Å². The van der Waals surface area contributed by atoms with E-state index in [1.165, 1.54) is 30.6 Å². The standard InChI is InChI=1S/C18H16F2N4/c1-2-11-23(24-13-21-12-22-24)18(14-3-7-16(19)8-4-14)15-5-9-17(20)10-6-15/h2-10,12-13,18H,1,11H2. The molecule has 0 N–H and O–H groups in total. The molecule has 0 saturated carbocycles. The molecule has 122 valence electrons. The lowest BCUT2D eigenvalue weighted by atomic mass is 9.98. The van der Waals surface area contributed by atoms with Crippen molar-refractivity contribution in [3.63, 3.8) is 0 Å². The molecule has 3 aromatic rings. The van der Waals surface area contributed by atoms with Gasteiger partial charge in [-0.05, 0) is 35.4 Å². The maximum atomic E-state index is 13.3. The van der Waals surface area contributed by atoms with Crippen molar-refractivity contribution in [2.75, 3.05) is 11.6 Å². The van der Waals surface area contributed by atoms with Gasteiger partial charge in [0.25, 0.3) is 0 Å². The van der Waals surface area contributed by atoms with Crippen LogP contribution in [0.4, 0.5) is 8.78 Å². The second kappa shape index (κ2) is 7.04. The van der Waals surface area contributed by atoms with Crippen molar-refractivity contribution in [3.05, 3.63) is 96.6 Å². The van der Waals surface area contributed by atoms with Crippen LogP contribution in [0.2, 0.25) is 0 Å². The van der Waals surface area contributed by atoms with Crippen LogP contribution in [0.5, 0.6) is 0 Å². The van der Waals surface area contributed by atoms with Gasteiger partial charge in [-0.3, -0.25) is 5.01 Å². The summed E-state index contributed by atoms with van der Waals surface area (Å²) in [5, 5.41) is 6.08. The third-order valence-electron chi connectivity index (χ3n) is 3.66. The second-order valence-corrected chi connectivity index (χ2v) is 5.23. The SMILES string of the molecule is C=CCN(C(c1ccc(F)cc1)c1ccc(F)cc1)n1cncn1. The molecule has 0 fully saturated rings. The molecule has 2 aromatic carbocycles. The molecule has 6 heteroatoms. The molecular weight excluding hydrogens is 310 g/mol. The van der Waals surface area contributed by atoms with Crippen LogP contribution < -0.4 is 5.01 Å². The van der Waals surface area contributed by atoms with Crippen molar-refractivity contribution in [2.45, 2.75) is 6.04 Å². The zero-order valence-electron chi connectivity index (χ0n) is 12.9. The molecule has 0 unspecified atom stereocenters. The van der Waals surface area contributed by atoms with E-state index in [1.807, 2.05) is 5.01 Å². The van der Waals surface area contributed by atoms with Gasteiger partial charge >= 0.3 is 0 Å². The number of rotatable bonds is 6. The highest BCUT2D eigenvalue weighted by molar-refractivity contribution is 5.36. The van der Waals surface area contributed by atoms with Crippen LogP contribution in [0.3, 0.4) is 0 Å². The van der Waals surface area contributed by atoms with Gasteiger partial charge in [0.15, 0.2) is 0 Å². The predicted molar refractivity (Wildman–Crippen MR) is 87.9 cm³/mol. The summed E-state index contributed by atoms with van der Waals surface area (Å²) in [5.74, 6) is -0.625. The zero-order chi connectivity index (χ0) is 16.9. The maximum Gasteiger partial charge on any atom is 0.139 e. The second-order valence-electron chi connectivity index (χ2n) is 5.23. The van der Waals surface area contributed by atoms with E-state index in [0.717, 1.165) is 11.1 Å². The maximum absolute atomic E-state index is 13.3. The van der Waals surface area contributed by atoms with Gasteiger partial charge in [-0.2, -0.15) is 4.79 Å². The van der Waals surface area contributed by atoms with Crippen LogP contribution in [-0.4, -0.2) is 21.4 Å². The summed E-state index contributed by atoms with van der Waals surface area (Å²) < 4.78 is 26.6. The number of halogens is 2. The Labute approximate surface area is 138 Å². The van der Waals surface area contributed by atoms with E-state index in [4.69, 9.17) is 0 Å². The third-order valence-corrected chi connectivity index (χ3v) is 3.66. The minimum Gasteiger partial charge on any atom is -0.280 e. The first-order valence-corrected chi connectivity index (χ1v) is 7.42. The Bertz CT molecular complexity index is 737. The summed E-state index contributed by atoms with van der Waals surface area (Å²) in [7, 11) is 0. The van der Waals surface area contributed by atoms with Gasteiger partial charge in [0.1, 0.15) is 24.3 Å². The van der Waals surface area contributed by atoms with Gasteiger partial charge in [-0.1, -0.05) is 30.3 Å². The number of nitrogens with zero attached hydrogens (tertiary/aromatic N) is 4. The summed E-state index contributed by atoms with van der Waals surface area (Å²) in [4.78, 5) is 5.58. The van der Waals surface area contributed by atoms with Crippen molar-refractivity contribution < 1.29 is 8.78 Å². The van der Waals surface area contributed by atoms with Crippen LogP contribution in [0.25, 0.3) is 0 Å².